The second-order valence-electron chi connectivity index (χ2n) is 2.66. The molecule has 72 valence electrons. The van der Waals surface area contributed by atoms with Crippen LogP contribution in [-0.4, -0.2) is 12.2 Å². The first-order valence-corrected chi connectivity index (χ1v) is 4.15. The minimum Gasteiger partial charge on any atom is -0.492 e. The van der Waals surface area contributed by atoms with Gasteiger partial charge in [0.25, 0.3) is 0 Å². The van der Waals surface area contributed by atoms with E-state index in [9.17, 15) is 9.50 Å². The lowest BCUT2D eigenvalue weighted by atomic mass is 10.1. The fourth-order valence-electron chi connectivity index (χ4n) is 1.06. The largest absolute Gasteiger partial charge is 0.492 e. The van der Waals surface area contributed by atoms with Gasteiger partial charge in [0.1, 0.15) is 0 Å². The molecule has 0 bridgehead atoms. The van der Waals surface area contributed by atoms with Crippen LogP contribution in [0.15, 0.2) is 12.1 Å². The van der Waals surface area contributed by atoms with Crippen LogP contribution in [0.25, 0.3) is 0 Å². The Hall–Kier alpha value is -0.800. The highest BCUT2D eigenvalue weighted by molar-refractivity contribution is 6.32. The molecule has 0 heterocycles. The van der Waals surface area contributed by atoms with Crippen LogP contribution in [0.4, 0.5) is 4.39 Å². The number of methoxy groups -OCH3 is 1. The second kappa shape index (κ2) is 3.94. The van der Waals surface area contributed by atoms with Crippen molar-refractivity contribution in [3.63, 3.8) is 0 Å². The third-order valence-corrected chi connectivity index (χ3v) is 2.03. The quantitative estimate of drug-likeness (QED) is 0.802. The lowest BCUT2D eigenvalue weighted by Crippen LogP contribution is -1.99. The first-order chi connectivity index (χ1) is 6.07. The Morgan fingerprint density at radius 2 is 2.15 bits per heavy atom. The summed E-state index contributed by atoms with van der Waals surface area (Å²) in [6.45, 7) is 1.48. The molecular weight excluding hydrogens is 195 g/mol. The standard InChI is InChI=1S/C9H10ClFO2/c1-5(12)6-3-4-7(10)9(13-2)8(6)11/h3-5,12H,1-2H3. The Bertz CT molecular complexity index is 313. The van der Waals surface area contributed by atoms with Crippen LogP contribution in [0.1, 0.15) is 18.6 Å². The van der Waals surface area contributed by atoms with Gasteiger partial charge in [-0.15, -0.1) is 0 Å². The monoisotopic (exact) mass is 204 g/mol. The van der Waals surface area contributed by atoms with Gasteiger partial charge in [-0.1, -0.05) is 17.7 Å². The van der Waals surface area contributed by atoms with Gasteiger partial charge >= 0.3 is 0 Å². The fraction of sp³-hybridized carbons (Fsp3) is 0.333. The number of rotatable bonds is 2. The van der Waals surface area contributed by atoms with Crippen LogP contribution in [0.5, 0.6) is 5.75 Å². The van der Waals surface area contributed by atoms with E-state index < -0.39 is 11.9 Å². The summed E-state index contributed by atoms with van der Waals surface area (Å²) in [7, 11) is 1.33. The van der Waals surface area contributed by atoms with E-state index in [1.54, 1.807) is 0 Å². The molecule has 1 aromatic rings. The summed E-state index contributed by atoms with van der Waals surface area (Å²) < 4.78 is 18.2. The van der Waals surface area contributed by atoms with Gasteiger partial charge in [-0.05, 0) is 13.0 Å². The van der Waals surface area contributed by atoms with Gasteiger partial charge in [0.15, 0.2) is 11.6 Å². The van der Waals surface area contributed by atoms with E-state index >= 15 is 0 Å². The molecule has 0 saturated carbocycles. The second-order valence-corrected chi connectivity index (χ2v) is 3.07. The topological polar surface area (TPSA) is 29.5 Å². The van der Waals surface area contributed by atoms with Crippen LogP contribution in [0.2, 0.25) is 5.02 Å². The van der Waals surface area contributed by atoms with E-state index in [0.29, 0.717) is 0 Å². The molecule has 0 aliphatic carbocycles. The third-order valence-electron chi connectivity index (χ3n) is 1.73. The zero-order valence-electron chi connectivity index (χ0n) is 7.34. The van der Waals surface area contributed by atoms with Crippen LogP contribution in [0, 0.1) is 5.82 Å². The van der Waals surface area contributed by atoms with Crippen LogP contribution in [-0.2, 0) is 0 Å². The van der Waals surface area contributed by atoms with E-state index in [1.165, 1.54) is 26.2 Å². The number of ether oxygens (including phenoxy) is 1. The van der Waals surface area contributed by atoms with Crippen molar-refractivity contribution in [2.75, 3.05) is 7.11 Å². The molecule has 1 N–H and O–H groups in total. The Morgan fingerprint density at radius 1 is 1.54 bits per heavy atom. The first-order valence-electron chi connectivity index (χ1n) is 3.78. The fourth-order valence-corrected chi connectivity index (χ4v) is 1.28. The smallest absolute Gasteiger partial charge is 0.173 e. The minimum atomic E-state index is -0.869. The Kier molecular flexibility index (Phi) is 3.12. The van der Waals surface area contributed by atoms with Gasteiger partial charge in [0, 0.05) is 5.56 Å². The predicted molar refractivity (Wildman–Crippen MR) is 48.6 cm³/mol. The van der Waals surface area contributed by atoms with Crippen molar-refractivity contribution in [2.45, 2.75) is 13.0 Å². The molecule has 1 unspecified atom stereocenters. The van der Waals surface area contributed by atoms with Gasteiger partial charge in [0.2, 0.25) is 0 Å². The molecule has 0 fully saturated rings. The van der Waals surface area contributed by atoms with Crippen molar-refractivity contribution in [1.82, 2.24) is 0 Å². The number of benzene rings is 1. The van der Waals surface area contributed by atoms with Crippen molar-refractivity contribution < 1.29 is 14.2 Å². The molecule has 0 aliphatic heterocycles. The van der Waals surface area contributed by atoms with E-state index in [-0.39, 0.29) is 16.3 Å². The molecule has 2 nitrogen and oxygen atoms in total. The minimum absolute atomic E-state index is 0.0277. The average molecular weight is 205 g/mol. The molecule has 0 aliphatic rings. The SMILES string of the molecule is COc1c(Cl)ccc(C(C)O)c1F. The summed E-state index contributed by atoms with van der Waals surface area (Å²) in [5.41, 5.74) is 0.182. The zero-order chi connectivity index (χ0) is 10.0. The zero-order valence-corrected chi connectivity index (χ0v) is 8.10. The van der Waals surface area contributed by atoms with Gasteiger partial charge in [-0.3, -0.25) is 0 Å². The number of aliphatic hydroxyl groups excluding tert-OH is 1. The summed E-state index contributed by atoms with van der Waals surface area (Å²) in [6.07, 6.45) is -0.869. The van der Waals surface area contributed by atoms with Crippen LogP contribution in [0.3, 0.4) is 0 Å². The van der Waals surface area contributed by atoms with Crippen molar-refractivity contribution in [3.8, 4) is 5.75 Å². The Morgan fingerprint density at radius 3 is 2.62 bits per heavy atom. The maximum atomic E-state index is 13.4. The van der Waals surface area contributed by atoms with E-state index in [0.717, 1.165) is 0 Å². The molecule has 0 amide bonds. The summed E-state index contributed by atoms with van der Waals surface area (Å²) in [4.78, 5) is 0. The summed E-state index contributed by atoms with van der Waals surface area (Å²) >= 11 is 5.66. The van der Waals surface area contributed by atoms with Crippen LogP contribution < -0.4 is 4.74 Å². The number of halogens is 2. The molecular formula is C9H10ClFO2. The van der Waals surface area contributed by atoms with Gasteiger partial charge < -0.3 is 9.84 Å². The number of hydrogen-bond acceptors (Lipinski definition) is 2. The Labute approximate surface area is 80.9 Å². The molecule has 0 radical (unpaired) electrons. The van der Waals surface area contributed by atoms with E-state index in [4.69, 9.17) is 16.3 Å². The van der Waals surface area contributed by atoms with Crippen molar-refractivity contribution in [1.29, 1.82) is 0 Å². The molecule has 0 saturated heterocycles. The first kappa shape index (κ1) is 10.3. The lowest BCUT2D eigenvalue weighted by molar-refractivity contribution is 0.193. The average Bonchev–Trinajstić information content (AvgIpc) is 2.04. The predicted octanol–water partition coefficient (Wildman–Crippen LogP) is 2.54. The Balaban J connectivity index is 3.27. The summed E-state index contributed by atoms with van der Waals surface area (Å²) in [5.74, 6) is -0.634. The number of hydrogen-bond donors (Lipinski definition) is 1. The lowest BCUT2D eigenvalue weighted by Gasteiger charge is -2.10. The molecule has 1 atom stereocenters. The van der Waals surface area contributed by atoms with Crippen molar-refractivity contribution >= 4 is 11.6 Å². The molecule has 4 heteroatoms. The number of aliphatic hydroxyl groups is 1. The maximum Gasteiger partial charge on any atom is 0.173 e. The van der Waals surface area contributed by atoms with E-state index in [2.05, 4.69) is 0 Å². The summed E-state index contributed by atoms with van der Waals surface area (Å²) in [6, 6.07) is 2.93. The van der Waals surface area contributed by atoms with Crippen LogP contribution >= 0.6 is 11.6 Å². The molecule has 0 spiro atoms. The normalized spacial score (nSPS) is 12.7. The molecule has 0 aromatic heterocycles. The molecule has 13 heavy (non-hydrogen) atoms. The van der Waals surface area contributed by atoms with Crippen molar-refractivity contribution in [2.24, 2.45) is 0 Å². The maximum absolute atomic E-state index is 13.4. The summed E-state index contributed by atoms with van der Waals surface area (Å²) in [5, 5.41) is 9.38. The van der Waals surface area contributed by atoms with Gasteiger partial charge in [0.05, 0.1) is 18.2 Å². The van der Waals surface area contributed by atoms with Crippen molar-refractivity contribution in [3.05, 3.63) is 28.5 Å². The highest BCUT2D eigenvalue weighted by Crippen LogP contribution is 2.31. The highest BCUT2D eigenvalue weighted by Gasteiger charge is 2.15. The van der Waals surface area contributed by atoms with E-state index in [1.807, 2.05) is 0 Å². The molecule has 1 rings (SSSR count). The van der Waals surface area contributed by atoms with Gasteiger partial charge in [-0.2, -0.15) is 0 Å². The third kappa shape index (κ3) is 1.92. The molecule has 1 aromatic carbocycles. The van der Waals surface area contributed by atoms with Gasteiger partial charge in [-0.25, -0.2) is 4.39 Å². The highest BCUT2D eigenvalue weighted by atomic mass is 35.5.